The number of hydrogen-bond donors (Lipinski definition) is 2. The van der Waals surface area contributed by atoms with Crippen LogP contribution < -0.4 is 24.6 Å². The van der Waals surface area contributed by atoms with E-state index in [1.165, 1.54) is 42.5 Å². The number of carbonyl (C=O) groups is 3. The summed E-state index contributed by atoms with van der Waals surface area (Å²) >= 11 is 0. The summed E-state index contributed by atoms with van der Waals surface area (Å²) in [5.41, 5.74) is 8.00. The molecule has 4 aromatic carbocycles. The van der Waals surface area contributed by atoms with Gasteiger partial charge < -0.3 is 29.3 Å². The lowest BCUT2D eigenvalue weighted by molar-refractivity contribution is -0.136. The minimum Gasteiger partial charge on any atom is -0.508 e. The van der Waals surface area contributed by atoms with Crippen LogP contribution in [0, 0.1) is 11.3 Å². The molecule has 7 aliphatic rings. The van der Waals surface area contributed by atoms with Crippen molar-refractivity contribution >= 4 is 29.1 Å². The van der Waals surface area contributed by atoms with Crippen LogP contribution in [0.15, 0.2) is 84.9 Å². The summed E-state index contributed by atoms with van der Waals surface area (Å²) in [5.74, 6) is 1.99. The van der Waals surface area contributed by atoms with E-state index in [-0.39, 0.29) is 47.8 Å². The summed E-state index contributed by atoms with van der Waals surface area (Å²) < 4.78 is 12.5. The Bertz CT molecular complexity index is 2300. The number of imide groups is 1. The van der Waals surface area contributed by atoms with Crippen LogP contribution >= 0.6 is 0 Å². The molecule has 11 heteroatoms. The third-order valence-electron chi connectivity index (χ3n) is 14.7. The largest absolute Gasteiger partial charge is 0.508 e. The first kappa shape index (κ1) is 36.5. The van der Waals surface area contributed by atoms with E-state index in [1.54, 1.807) is 17.0 Å². The Hall–Kier alpha value is -5.55. The molecule has 4 aromatic rings. The molecular formula is C48H51N5O6. The van der Waals surface area contributed by atoms with E-state index in [9.17, 15) is 19.5 Å². The van der Waals surface area contributed by atoms with E-state index < -0.39 is 6.04 Å². The van der Waals surface area contributed by atoms with Gasteiger partial charge in [0, 0.05) is 87.0 Å². The highest BCUT2D eigenvalue weighted by atomic mass is 16.5. The lowest BCUT2D eigenvalue weighted by Gasteiger charge is -2.54. The molecule has 11 rings (SSSR count). The fourth-order valence-corrected chi connectivity index (χ4v) is 11.7. The van der Waals surface area contributed by atoms with E-state index in [2.05, 4.69) is 80.7 Å². The van der Waals surface area contributed by atoms with Gasteiger partial charge in [-0.2, -0.15) is 0 Å². The maximum Gasteiger partial charge on any atom is 0.255 e. The number of aromatic hydroxyl groups is 1. The van der Waals surface area contributed by atoms with Gasteiger partial charge in [0.1, 0.15) is 29.9 Å². The number of nitrogens with zero attached hydrogens (tertiary/aromatic N) is 4. The quantitative estimate of drug-likeness (QED) is 0.226. The summed E-state index contributed by atoms with van der Waals surface area (Å²) in [4.78, 5) is 47.0. The number of nitrogens with one attached hydrogen (secondary N) is 1. The van der Waals surface area contributed by atoms with Crippen LogP contribution in [-0.4, -0.2) is 97.2 Å². The lowest BCUT2D eigenvalue weighted by atomic mass is 9.57. The number of carbonyl (C=O) groups excluding carboxylic acids is 3. The molecule has 0 aromatic heterocycles. The second-order valence-electron chi connectivity index (χ2n) is 18.2. The van der Waals surface area contributed by atoms with Gasteiger partial charge in [-0.25, -0.2) is 0 Å². The molecule has 2 N–H and O–H groups in total. The third-order valence-corrected chi connectivity index (χ3v) is 14.7. The molecule has 0 radical (unpaired) electrons. The average Bonchev–Trinajstić information content (AvgIpc) is 3.56. The van der Waals surface area contributed by atoms with Crippen molar-refractivity contribution in [1.29, 1.82) is 0 Å². The zero-order valence-electron chi connectivity index (χ0n) is 33.4. The number of hydrogen-bond acceptors (Lipinski definition) is 9. The summed E-state index contributed by atoms with van der Waals surface area (Å²) in [5, 5.41) is 12.6. The monoisotopic (exact) mass is 793 g/mol. The smallest absolute Gasteiger partial charge is 0.255 e. The maximum atomic E-state index is 13.4. The van der Waals surface area contributed by atoms with Gasteiger partial charge in [0.25, 0.3) is 5.91 Å². The predicted molar refractivity (Wildman–Crippen MR) is 223 cm³/mol. The van der Waals surface area contributed by atoms with Crippen LogP contribution in [0.5, 0.6) is 17.2 Å². The highest BCUT2D eigenvalue weighted by molar-refractivity contribution is 6.06. The Morgan fingerprint density at radius 2 is 1.59 bits per heavy atom. The molecule has 1 unspecified atom stereocenters. The summed E-state index contributed by atoms with van der Waals surface area (Å²) in [6.45, 7) is 7.78. The van der Waals surface area contributed by atoms with E-state index in [4.69, 9.17) is 9.47 Å². The SMILES string of the molecule is O=C1CCC(N2Cc3cc4c(cc3C2=O)OC[C@@H]2CN(CC3CC5(CCN(c6ccc([C@@H]7c8ccc(O)cc8OC[C@@H]7c7ccccc7)cc6)CC5)C3)CCN42)C(=O)N1. The average molecular weight is 794 g/mol. The van der Waals surface area contributed by atoms with Crippen molar-refractivity contribution < 1.29 is 29.0 Å². The first-order valence-electron chi connectivity index (χ1n) is 21.6. The van der Waals surface area contributed by atoms with Gasteiger partial charge in [0.05, 0.1) is 18.3 Å². The Kier molecular flexibility index (Phi) is 8.87. The molecule has 3 saturated heterocycles. The number of benzene rings is 4. The standard InChI is InChI=1S/C48H51N5O6/c54-36-10-11-37-42(21-36)59-29-39(31-4-2-1-3-5-31)45(37)32-6-8-34(9-7-32)51-16-14-48(15-17-51)23-30(24-48)25-50-18-19-52-35(27-50)28-58-43-22-38-33(20-41(43)52)26-53(47(38)57)40-12-13-44(55)49-46(40)56/h1-11,20-22,30,35,39-40,45,54H,12-19,23-29H2,(H,49,55,56)/t35-,39+,40?,45+/m0/s1. The molecular weight excluding hydrogens is 743 g/mol. The maximum absolute atomic E-state index is 13.4. The van der Waals surface area contributed by atoms with Crippen molar-refractivity contribution in [3.8, 4) is 17.2 Å². The molecule has 1 spiro atoms. The minimum absolute atomic E-state index is 0.143. The molecule has 6 heterocycles. The number of amides is 3. The van der Waals surface area contributed by atoms with Crippen molar-refractivity contribution in [3.63, 3.8) is 0 Å². The van der Waals surface area contributed by atoms with E-state index in [0.717, 1.165) is 73.5 Å². The van der Waals surface area contributed by atoms with Crippen molar-refractivity contribution in [3.05, 3.63) is 113 Å². The number of anilines is 2. The van der Waals surface area contributed by atoms with Crippen molar-refractivity contribution in [2.45, 2.75) is 69.0 Å². The van der Waals surface area contributed by atoms with Gasteiger partial charge in [0.2, 0.25) is 11.8 Å². The molecule has 1 aliphatic carbocycles. The Morgan fingerprint density at radius 3 is 2.39 bits per heavy atom. The first-order chi connectivity index (χ1) is 28.8. The Morgan fingerprint density at radius 1 is 0.797 bits per heavy atom. The fourth-order valence-electron chi connectivity index (χ4n) is 11.7. The number of piperidine rings is 2. The van der Waals surface area contributed by atoms with Gasteiger partial charge in [-0.05, 0) is 90.5 Å². The minimum atomic E-state index is -0.618. The van der Waals surface area contributed by atoms with Crippen LogP contribution in [-0.2, 0) is 16.1 Å². The molecule has 3 amide bonds. The molecule has 59 heavy (non-hydrogen) atoms. The van der Waals surface area contributed by atoms with E-state index in [1.807, 2.05) is 12.1 Å². The van der Waals surface area contributed by atoms with Crippen molar-refractivity contribution in [1.82, 2.24) is 15.1 Å². The van der Waals surface area contributed by atoms with Crippen molar-refractivity contribution in [2.75, 3.05) is 62.3 Å². The highest BCUT2D eigenvalue weighted by Gasteiger charge is 2.47. The molecule has 0 bridgehead atoms. The highest BCUT2D eigenvalue weighted by Crippen LogP contribution is 2.54. The van der Waals surface area contributed by atoms with Gasteiger partial charge in [-0.15, -0.1) is 0 Å². The second-order valence-corrected chi connectivity index (χ2v) is 18.2. The van der Waals surface area contributed by atoms with Gasteiger partial charge in [0.15, 0.2) is 0 Å². The number of rotatable bonds is 6. The zero-order chi connectivity index (χ0) is 39.8. The van der Waals surface area contributed by atoms with Crippen LogP contribution in [0.3, 0.4) is 0 Å². The van der Waals surface area contributed by atoms with Crippen LogP contribution in [0.25, 0.3) is 0 Å². The number of piperazine rings is 1. The first-order valence-corrected chi connectivity index (χ1v) is 21.6. The van der Waals surface area contributed by atoms with Crippen LogP contribution in [0.4, 0.5) is 11.4 Å². The number of phenols is 1. The van der Waals surface area contributed by atoms with Gasteiger partial charge >= 0.3 is 0 Å². The third kappa shape index (κ3) is 6.49. The molecule has 1 saturated carbocycles. The summed E-state index contributed by atoms with van der Waals surface area (Å²) in [6.07, 6.45) is 5.72. The summed E-state index contributed by atoms with van der Waals surface area (Å²) in [7, 11) is 0. The normalized spacial score (nSPS) is 26.2. The molecule has 6 aliphatic heterocycles. The van der Waals surface area contributed by atoms with Gasteiger partial charge in [-0.1, -0.05) is 48.5 Å². The molecule has 304 valence electrons. The fraction of sp³-hybridized carbons (Fsp3) is 0.438. The number of fused-ring (bicyclic) bond motifs is 5. The molecule has 11 nitrogen and oxygen atoms in total. The van der Waals surface area contributed by atoms with Crippen LogP contribution in [0.1, 0.15) is 83.0 Å². The number of phenolic OH excluding ortho intramolecular Hbond substituents is 1. The van der Waals surface area contributed by atoms with Crippen molar-refractivity contribution in [2.24, 2.45) is 11.3 Å². The lowest BCUT2D eigenvalue weighted by Crippen LogP contribution is -2.59. The van der Waals surface area contributed by atoms with E-state index in [0.29, 0.717) is 37.2 Å². The molecule has 4 fully saturated rings. The van der Waals surface area contributed by atoms with Crippen LogP contribution in [0.2, 0.25) is 0 Å². The topological polar surface area (TPSA) is 115 Å². The predicted octanol–water partition coefficient (Wildman–Crippen LogP) is 6.04. The molecule has 4 atom stereocenters. The Balaban J connectivity index is 0.687. The van der Waals surface area contributed by atoms with Gasteiger partial charge in [-0.3, -0.25) is 24.6 Å². The summed E-state index contributed by atoms with van der Waals surface area (Å²) in [6, 6.07) is 29.0. The van der Waals surface area contributed by atoms with E-state index >= 15 is 0 Å². The second kappa shape index (κ2) is 14.3. The Labute approximate surface area is 344 Å². The number of ether oxygens (including phenoxy) is 2. The zero-order valence-corrected chi connectivity index (χ0v) is 33.4.